The summed E-state index contributed by atoms with van der Waals surface area (Å²) in [5.74, 6) is 0.937. The molecule has 1 aromatic carbocycles. The molecule has 1 aromatic heterocycles. The molecule has 0 unspecified atom stereocenters. The molecule has 3 heteroatoms. The Balaban J connectivity index is 1.96. The van der Waals surface area contributed by atoms with Gasteiger partial charge in [-0.25, -0.2) is 0 Å². The minimum absolute atomic E-state index is 0.630. The first-order chi connectivity index (χ1) is 9.83. The topological polar surface area (TPSA) is 21.3 Å². The van der Waals surface area contributed by atoms with E-state index in [-0.39, 0.29) is 0 Å². The minimum Gasteiger partial charge on any atom is -0.487 e. The second-order valence-corrected chi connectivity index (χ2v) is 5.73. The Kier molecular flexibility index (Phi) is 5.84. The van der Waals surface area contributed by atoms with Crippen LogP contribution in [0.1, 0.15) is 29.2 Å². The molecule has 0 aliphatic rings. The van der Waals surface area contributed by atoms with E-state index in [0.29, 0.717) is 6.61 Å². The highest BCUT2D eigenvalue weighted by atomic mass is 32.1. The van der Waals surface area contributed by atoms with Crippen LogP contribution >= 0.6 is 11.3 Å². The highest BCUT2D eigenvalue weighted by Crippen LogP contribution is 2.23. The van der Waals surface area contributed by atoms with Gasteiger partial charge in [0.1, 0.15) is 12.4 Å². The molecule has 0 spiro atoms. The zero-order chi connectivity index (χ0) is 14.2. The number of thiophene rings is 1. The van der Waals surface area contributed by atoms with E-state index in [1.807, 2.05) is 31.2 Å². The Hall–Kier alpha value is -1.58. The molecule has 0 aliphatic carbocycles. The number of allylic oxidation sites excluding steroid dienone is 1. The average molecular weight is 287 g/mol. The third-order valence-corrected chi connectivity index (χ3v) is 3.96. The Bertz CT molecular complexity index is 560. The second kappa shape index (κ2) is 7.88. The van der Waals surface area contributed by atoms with Gasteiger partial charge in [0.25, 0.3) is 0 Å². The predicted molar refractivity (Wildman–Crippen MR) is 87.2 cm³/mol. The molecule has 20 heavy (non-hydrogen) atoms. The van der Waals surface area contributed by atoms with Gasteiger partial charge in [0.15, 0.2) is 0 Å². The Labute approximate surface area is 125 Å². The molecule has 0 amide bonds. The van der Waals surface area contributed by atoms with Crippen molar-refractivity contribution in [3.05, 3.63) is 57.8 Å². The zero-order valence-corrected chi connectivity index (χ0v) is 12.9. The number of hydrogen-bond donors (Lipinski definition) is 1. The number of rotatable bonds is 7. The molecule has 0 atom stereocenters. The van der Waals surface area contributed by atoms with Crippen molar-refractivity contribution in [2.45, 2.75) is 27.0 Å². The van der Waals surface area contributed by atoms with Crippen LogP contribution in [-0.4, -0.2) is 6.54 Å². The molecule has 106 valence electrons. The number of para-hydroxylation sites is 1. The molecular weight excluding hydrogens is 266 g/mol. The maximum absolute atomic E-state index is 5.93. The Morgan fingerprint density at radius 1 is 1.15 bits per heavy atom. The lowest BCUT2D eigenvalue weighted by molar-refractivity contribution is 0.309. The summed E-state index contributed by atoms with van der Waals surface area (Å²) in [4.78, 5) is 2.61. The maximum Gasteiger partial charge on any atom is 0.127 e. The summed E-state index contributed by atoms with van der Waals surface area (Å²) in [7, 11) is 0. The van der Waals surface area contributed by atoms with Gasteiger partial charge in [-0.15, -0.1) is 11.3 Å². The van der Waals surface area contributed by atoms with E-state index in [1.54, 1.807) is 11.3 Å². The second-order valence-electron chi connectivity index (χ2n) is 4.47. The molecular formula is C17H21NOS. The molecule has 1 N–H and O–H groups in total. The first-order valence-electron chi connectivity index (χ1n) is 6.96. The lowest BCUT2D eigenvalue weighted by Gasteiger charge is -2.07. The fourth-order valence-electron chi connectivity index (χ4n) is 1.92. The summed E-state index contributed by atoms with van der Waals surface area (Å²) in [6.07, 6.45) is 4.10. The molecule has 0 bridgehead atoms. The third kappa shape index (κ3) is 4.22. The van der Waals surface area contributed by atoms with E-state index in [2.05, 4.69) is 36.5 Å². The summed E-state index contributed by atoms with van der Waals surface area (Å²) < 4.78 is 5.93. The largest absolute Gasteiger partial charge is 0.487 e. The fraction of sp³-hybridized carbons (Fsp3) is 0.294. The predicted octanol–water partition coefficient (Wildman–Crippen LogP) is 4.47. The van der Waals surface area contributed by atoms with Gasteiger partial charge in [0, 0.05) is 21.9 Å². The molecule has 0 aliphatic heterocycles. The van der Waals surface area contributed by atoms with Gasteiger partial charge in [-0.05, 0) is 31.7 Å². The van der Waals surface area contributed by atoms with Crippen molar-refractivity contribution in [2.75, 3.05) is 6.54 Å². The van der Waals surface area contributed by atoms with Gasteiger partial charge in [-0.3, -0.25) is 0 Å². The monoisotopic (exact) mass is 287 g/mol. The van der Waals surface area contributed by atoms with Crippen LogP contribution in [0.15, 0.2) is 42.5 Å². The van der Waals surface area contributed by atoms with E-state index >= 15 is 0 Å². The van der Waals surface area contributed by atoms with Crippen LogP contribution in [0.25, 0.3) is 6.08 Å². The van der Waals surface area contributed by atoms with Crippen LogP contribution in [0, 0.1) is 0 Å². The van der Waals surface area contributed by atoms with Crippen molar-refractivity contribution in [1.29, 1.82) is 0 Å². The van der Waals surface area contributed by atoms with E-state index in [0.717, 1.165) is 24.4 Å². The van der Waals surface area contributed by atoms with E-state index in [9.17, 15) is 0 Å². The first-order valence-corrected chi connectivity index (χ1v) is 7.78. The van der Waals surface area contributed by atoms with Gasteiger partial charge in [0.2, 0.25) is 0 Å². The normalized spacial score (nSPS) is 11.1. The Morgan fingerprint density at radius 2 is 1.95 bits per heavy atom. The van der Waals surface area contributed by atoms with E-state index in [4.69, 9.17) is 4.74 Å². The van der Waals surface area contributed by atoms with Crippen molar-refractivity contribution in [2.24, 2.45) is 0 Å². The molecule has 2 rings (SSSR count). The third-order valence-electron chi connectivity index (χ3n) is 2.90. The van der Waals surface area contributed by atoms with E-state index in [1.165, 1.54) is 9.75 Å². The standard InChI is InChI=1S/C17H21NOS/c1-3-7-14-8-5-6-9-17(14)19-13-16-11-10-15(20-16)12-18-4-2/h3,5-11,18H,4,12-13H2,1-2H3/b7-3+. The smallest absolute Gasteiger partial charge is 0.127 e. The molecule has 0 fully saturated rings. The average Bonchev–Trinajstić information content (AvgIpc) is 2.92. The summed E-state index contributed by atoms with van der Waals surface area (Å²) in [5, 5.41) is 3.34. The highest BCUT2D eigenvalue weighted by molar-refractivity contribution is 7.11. The molecule has 2 aromatic rings. The van der Waals surface area contributed by atoms with Gasteiger partial charge >= 0.3 is 0 Å². The summed E-state index contributed by atoms with van der Waals surface area (Å²) in [6.45, 7) is 6.71. The number of ether oxygens (including phenoxy) is 1. The number of hydrogen-bond acceptors (Lipinski definition) is 3. The summed E-state index contributed by atoms with van der Waals surface area (Å²) in [6, 6.07) is 12.4. The van der Waals surface area contributed by atoms with Crippen molar-refractivity contribution < 1.29 is 4.74 Å². The molecule has 0 radical (unpaired) electrons. The Morgan fingerprint density at radius 3 is 2.75 bits per heavy atom. The van der Waals surface area contributed by atoms with Crippen molar-refractivity contribution >= 4 is 17.4 Å². The van der Waals surface area contributed by atoms with Crippen molar-refractivity contribution in [3.8, 4) is 5.75 Å². The lowest BCUT2D eigenvalue weighted by atomic mass is 10.2. The molecule has 1 heterocycles. The molecule has 0 saturated carbocycles. The maximum atomic E-state index is 5.93. The number of nitrogens with one attached hydrogen (secondary N) is 1. The molecule has 2 nitrogen and oxygen atoms in total. The van der Waals surface area contributed by atoms with Crippen molar-refractivity contribution in [3.63, 3.8) is 0 Å². The van der Waals surface area contributed by atoms with Crippen LogP contribution in [0.4, 0.5) is 0 Å². The van der Waals surface area contributed by atoms with E-state index < -0.39 is 0 Å². The van der Waals surface area contributed by atoms with Crippen LogP contribution in [0.3, 0.4) is 0 Å². The number of benzene rings is 1. The fourth-order valence-corrected chi connectivity index (χ4v) is 2.82. The highest BCUT2D eigenvalue weighted by Gasteiger charge is 2.03. The van der Waals surface area contributed by atoms with Gasteiger partial charge in [-0.1, -0.05) is 37.3 Å². The summed E-state index contributed by atoms with van der Waals surface area (Å²) >= 11 is 1.81. The van der Waals surface area contributed by atoms with Crippen LogP contribution in [0.2, 0.25) is 0 Å². The van der Waals surface area contributed by atoms with Crippen LogP contribution in [-0.2, 0) is 13.2 Å². The zero-order valence-electron chi connectivity index (χ0n) is 12.1. The van der Waals surface area contributed by atoms with Crippen LogP contribution in [0.5, 0.6) is 5.75 Å². The van der Waals surface area contributed by atoms with Crippen molar-refractivity contribution in [1.82, 2.24) is 5.32 Å². The SMILES string of the molecule is C/C=C/c1ccccc1OCc1ccc(CNCC)s1. The summed E-state index contributed by atoms with van der Waals surface area (Å²) in [5.41, 5.74) is 1.12. The quantitative estimate of drug-likeness (QED) is 0.811. The van der Waals surface area contributed by atoms with Gasteiger partial charge < -0.3 is 10.1 Å². The van der Waals surface area contributed by atoms with Gasteiger partial charge in [0.05, 0.1) is 0 Å². The molecule has 0 saturated heterocycles. The minimum atomic E-state index is 0.630. The van der Waals surface area contributed by atoms with Gasteiger partial charge in [-0.2, -0.15) is 0 Å². The van der Waals surface area contributed by atoms with Crippen LogP contribution < -0.4 is 10.1 Å². The lowest BCUT2D eigenvalue weighted by Crippen LogP contribution is -2.10. The first kappa shape index (κ1) is 14.8.